The van der Waals surface area contributed by atoms with E-state index in [1.807, 2.05) is 5.38 Å². The number of nitro groups is 1. The minimum atomic E-state index is -4.96. The third-order valence-electron chi connectivity index (χ3n) is 2.86. The molecular weight excluding hydrogens is 337 g/mol. The number of nitrogens with one attached hydrogen (secondary N) is 1. The van der Waals surface area contributed by atoms with Crippen molar-refractivity contribution in [2.45, 2.75) is 25.7 Å². The van der Waals surface area contributed by atoms with Gasteiger partial charge in [0.25, 0.3) is 0 Å². The number of aromatic nitrogens is 2. The molecule has 11 heteroatoms. The summed E-state index contributed by atoms with van der Waals surface area (Å²) >= 11 is 1.42. The molecule has 1 amide bonds. The topological polar surface area (TPSA) is 90.1 Å². The quantitative estimate of drug-likeness (QED) is 0.664. The van der Waals surface area contributed by atoms with Gasteiger partial charge in [-0.2, -0.15) is 18.3 Å². The van der Waals surface area contributed by atoms with Gasteiger partial charge in [-0.15, -0.1) is 11.3 Å². The molecule has 2 aromatic rings. The summed E-state index contributed by atoms with van der Waals surface area (Å²) in [5.74, 6) is -0.600. The predicted octanol–water partition coefficient (Wildman–Crippen LogP) is 2.75. The van der Waals surface area contributed by atoms with Gasteiger partial charge in [-0.1, -0.05) is 6.07 Å². The number of thiophene rings is 1. The number of alkyl halides is 3. The first-order valence-corrected chi connectivity index (χ1v) is 7.18. The average molecular weight is 348 g/mol. The van der Waals surface area contributed by atoms with E-state index in [9.17, 15) is 28.1 Å². The van der Waals surface area contributed by atoms with Crippen LogP contribution in [0.3, 0.4) is 0 Å². The second kappa shape index (κ2) is 6.36. The van der Waals surface area contributed by atoms with E-state index in [4.69, 9.17) is 0 Å². The molecule has 23 heavy (non-hydrogen) atoms. The van der Waals surface area contributed by atoms with Crippen LogP contribution >= 0.6 is 11.3 Å². The summed E-state index contributed by atoms with van der Waals surface area (Å²) in [6.07, 6.45) is -4.37. The minimum Gasteiger partial charge on any atom is -0.347 e. The lowest BCUT2D eigenvalue weighted by molar-refractivity contribution is -0.388. The van der Waals surface area contributed by atoms with E-state index in [1.54, 1.807) is 19.1 Å². The summed E-state index contributed by atoms with van der Waals surface area (Å²) in [5.41, 5.74) is -2.81. The zero-order valence-corrected chi connectivity index (χ0v) is 12.5. The van der Waals surface area contributed by atoms with Crippen LogP contribution in [0.2, 0.25) is 0 Å². The summed E-state index contributed by atoms with van der Waals surface area (Å²) < 4.78 is 38.6. The Balaban J connectivity index is 2.11. The Hall–Kier alpha value is -2.43. The van der Waals surface area contributed by atoms with Crippen molar-refractivity contribution in [3.63, 3.8) is 0 Å². The fourth-order valence-corrected chi connectivity index (χ4v) is 2.60. The molecule has 0 unspecified atom stereocenters. The largest absolute Gasteiger partial charge is 0.442 e. The molecule has 124 valence electrons. The molecule has 1 N–H and O–H groups in total. The van der Waals surface area contributed by atoms with Crippen LogP contribution in [-0.2, 0) is 17.5 Å². The van der Waals surface area contributed by atoms with E-state index in [1.165, 1.54) is 11.3 Å². The summed E-state index contributed by atoms with van der Waals surface area (Å²) in [7, 11) is 0. The van der Waals surface area contributed by atoms with Crippen molar-refractivity contribution in [2.75, 3.05) is 0 Å². The van der Waals surface area contributed by atoms with Crippen molar-refractivity contribution >= 4 is 22.9 Å². The van der Waals surface area contributed by atoms with Crippen LogP contribution in [0.5, 0.6) is 0 Å². The number of carbonyl (C=O) groups excluding carboxylic acids is 1. The highest BCUT2D eigenvalue weighted by molar-refractivity contribution is 7.10. The number of hydrogen-bond acceptors (Lipinski definition) is 5. The monoisotopic (exact) mass is 348 g/mol. The summed E-state index contributed by atoms with van der Waals surface area (Å²) in [6, 6.07) is 3.28. The van der Waals surface area contributed by atoms with Gasteiger partial charge in [0.1, 0.15) is 12.7 Å². The second-order valence-electron chi connectivity index (χ2n) is 4.62. The SMILES string of the molecule is C[C@@H](NC(=O)Cn1cc([N+](=O)[O-])c(C(F)(F)F)n1)c1cccs1. The van der Waals surface area contributed by atoms with E-state index in [0.717, 1.165) is 4.88 Å². The number of halogens is 3. The van der Waals surface area contributed by atoms with E-state index in [2.05, 4.69) is 10.4 Å². The Morgan fingerprint density at radius 2 is 2.26 bits per heavy atom. The number of nitrogens with zero attached hydrogens (tertiary/aromatic N) is 3. The fourth-order valence-electron chi connectivity index (χ4n) is 1.87. The molecule has 1 atom stereocenters. The molecule has 2 rings (SSSR count). The lowest BCUT2D eigenvalue weighted by Crippen LogP contribution is -2.30. The van der Waals surface area contributed by atoms with Crippen LogP contribution < -0.4 is 5.32 Å². The van der Waals surface area contributed by atoms with Gasteiger partial charge < -0.3 is 5.32 Å². The van der Waals surface area contributed by atoms with Crippen molar-refractivity contribution in [2.24, 2.45) is 0 Å². The molecule has 0 aliphatic carbocycles. The summed E-state index contributed by atoms with van der Waals surface area (Å²) in [6.45, 7) is 1.17. The third kappa shape index (κ3) is 4.06. The highest BCUT2D eigenvalue weighted by Gasteiger charge is 2.42. The van der Waals surface area contributed by atoms with Gasteiger partial charge in [-0.25, -0.2) is 0 Å². The average Bonchev–Trinajstić information content (AvgIpc) is 3.06. The van der Waals surface area contributed by atoms with E-state index >= 15 is 0 Å². The standard InChI is InChI=1S/C12H11F3N4O3S/c1-7(9-3-2-4-23-9)16-10(20)6-18-5-8(19(21)22)11(17-18)12(13,14)15/h2-5,7H,6H2,1H3,(H,16,20)/t7-/m1/s1. The summed E-state index contributed by atoms with van der Waals surface area (Å²) in [5, 5.41) is 18.2. The number of amides is 1. The fraction of sp³-hybridized carbons (Fsp3) is 0.333. The first kappa shape index (κ1) is 16.9. The van der Waals surface area contributed by atoms with Crippen LogP contribution in [0.25, 0.3) is 0 Å². The van der Waals surface area contributed by atoms with Gasteiger partial charge >= 0.3 is 11.9 Å². The molecule has 0 bridgehead atoms. The van der Waals surface area contributed by atoms with Crippen molar-refractivity contribution in [3.05, 3.63) is 44.4 Å². The molecule has 0 spiro atoms. The molecule has 0 fully saturated rings. The zero-order valence-electron chi connectivity index (χ0n) is 11.7. The molecule has 0 aliphatic heterocycles. The number of hydrogen-bond donors (Lipinski definition) is 1. The van der Waals surface area contributed by atoms with E-state index in [0.29, 0.717) is 10.9 Å². The highest BCUT2D eigenvalue weighted by Crippen LogP contribution is 2.34. The molecule has 0 aliphatic rings. The van der Waals surface area contributed by atoms with Crippen LogP contribution in [-0.4, -0.2) is 20.6 Å². The Bertz CT molecular complexity index is 712. The van der Waals surface area contributed by atoms with Gasteiger partial charge in [0.05, 0.1) is 11.0 Å². The van der Waals surface area contributed by atoms with Gasteiger partial charge in [-0.05, 0) is 18.4 Å². The van der Waals surface area contributed by atoms with Crippen molar-refractivity contribution in [1.29, 1.82) is 0 Å². The molecule has 0 saturated carbocycles. The maximum Gasteiger partial charge on any atom is 0.442 e. The minimum absolute atomic E-state index is 0.324. The molecular formula is C12H11F3N4O3S. The second-order valence-corrected chi connectivity index (χ2v) is 5.60. The van der Waals surface area contributed by atoms with Crippen LogP contribution in [0, 0.1) is 10.1 Å². The van der Waals surface area contributed by atoms with Gasteiger partial charge in [0.2, 0.25) is 11.6 Å². The Labute approximate surface area is 131 Å². The molecule has 0 saturated heterocycles. The van der Waals surface area contributed by atoms with Crippen LogP contribution in [0.1, 0.15) is 23.5 Å². The first-order valence-electron chi connectivity index (χ1n) is 6.30. The Kier molecular flexibility index (Phi) is 4.68. The Morgan fingerprint density at radius 3 is 2.74 bits per heavy atom. The highest BCUT2D eigenvalue weighted by atomic mass is 32.1. The van der Waals surface area contributed by atoms with E-state index in [-0.39, 0.29) is 6.04 Å². The maximum absolute atomic E-state index is 12.7. The smallest absolute Gasteiger partial charge is 0.347 e. The first-order chi connectivity index (χ1) is 10.7. The van der Waals surface area contributed by atoms with Crippen LogP contribution in [0.4, 0.5) is 18.9 Å². The van der Waals surface area contributed by atoms with Crippen molar-refractivity contribution in [1.82, 2.24) is 15.1 Å². The van der Waals surface area contributed by atoms with Crippen molar-refractivity contribution < 1.29 is 22.9 Å². The molecule has 0 aromatic carbocycles. The van der Waals surface area contributed by atoms with Crippen molar-refractivity contribution in [3.8, 4) is 0 Å². The Morgan fingerprint density at radius 1 is 1.57 bits per heavy atom. The molecule has 7 nitrogen and oxygen atoms in total. The van der Waals surface area contributed by atoms with Gasteiger partial charge in [-0.3, -0.25) is 19.6 Å². The van der Waals surface area contributed by atoms with Crippen LogP contribution in [0.15, 0.2) is 23.7 Å². The zero-order chi connectivity index (χ0) is 17.2. The summed E-state index contributed by atoms with van der Waals surface area (Å²) in [4.78, 5) is 22.2. The van der Waals surface area contributed by atoms with E-state index < -0.39 is 34.9 Å². The third-order valence-corrected chi connectivity index (χ3v) is 3.92. The van der Waals surface area contributed by atoms with Gasteiger partial charge in [0.15, 0.2) is 0 Å². The lowest BCUT2D eigenvalue weighted by atomic mass is 10.3. The molecule has 2 heterocycles. The van der Waals surface area contributed by atoms with Gasteiger partial charge in [0, 0.05) is 4.88 Å². The lowest BCUT2D eigenvalue weighted by Gasteiger charge is -2.12. The maximum atomic E-state index is 12.7. The number of carbonyl (C=O) groups is 1. The molecule has 0 radical (unpaired) electrons. The number of rotatable bonds is 5. The molecule has 2 aromatic heterocycles. The normalized spacial score (nSPS) is 12.9. The predicted molar refractivity (Wildman–Crippen MR) is 74.8 cm³/mol.